The average molecular weight is 403 g/mol. The Hall–Kier alpha value is -3.58. The van der Waals surface area contributed by atoms with Crippen LogP contribution in [0.4, 0.5) is 10.5 Å². The summed E-state index contributed by atoms with van der Waals surface area (Å²) in [5, 5.41) is 2.47. The van der Waals surface area contributed by atoms with Crippen molar-refractivity contribution in [3.63, 3.8) is 0 Å². The minimum atomic E-state index is -0.495. The molecule has 0 bridgehead atoms. The van der Waals surface area contributed by atoms with Gasteiger partial charge in [0.05, 0.1) is 0 Å². The van der Waals surface area contributed by atoms with E-state index in [1.165, 1.54) is 0 Å². The molecular formula is C22H17N3O3S. The van der Waals surface area contributed by atoms with Crippen molar-refractivity contribution in [1.82, 2.24) is 9.71 Å². The molecule has 29 heavy (non-hydrogen) atoms. The number of fused-ring (bicyclic) bond motifs is 1. The van der Waals surface area contributed by atoms with Gasteiger partial charge in [0, 0.05) is 28.8 Å². The van der Waals surface area contributed by atoms with E-state index in [1.807, 2.05) is 49.4 Å². The summed E-state index contributed by atoms with van der Waals surface area (Å²) in [5.74, 6) is 0.471. The molecule has 1 aromatic heterocycles. The predicted molar refractivity (Wildman–Crippen MR) is 115 cm³/mol. The second kappa shape index (κ2) is 8.20. The number of benzene rings is 3. The standard InChI is InChI=1S/C22H17N3O3S/c1-14-9-11-15(12-10-14)21(26)29-25-22(27)23-17-6-4-5-16(13-17)20-24-18-7-2-3-8-19(18)28-20/h2-13H,1H3,(H2,23,25,27). The van der Waals surface area contributed by atoms with E-state index in [2.05, 4.69) is 15.0 Å². The van der Waals surface area contributed by atoms with E-state index >= 15 is 0 Å². The summed E-state index contributed by atoms with van der Waals surface area (Å²) >= 11 is 0.734. The van der Waals surface area contributed by atoms with Gasteiger partial charge in [0.1, 0.15) is 5.52 Å². The Balaban J connectivity index is 1.40. The van der Waals surface area contributed by atoms with Crippen LogP contribution in [0.15, 0.2) is 77.2 Å². The molecule has 2 N–H and O–H groups in total. The molecule has 0 atom stereocenters. The molecule has 0 unspecified atom stereocenters. The lowest BCUT2D eigenvalue weighted by molar-refractivity contribution is 0.108. The highest BCUT2D eigenvalue weighted by molar-refractivity contribution is 8.12. The molecule has 4 rings (SSSR count). The third kappa shape index (κ3) is 4.47. The van der Waals surface area contributed by atoms with Crippen molar-refractivity contribution in [3.8, 4) is 11.5 Å². The zero-order valence-corrected chi connectivity index (χ0v) is 16.3. The number of nitrogens with zero attached hydrogens (tertiary/aromatic N) is 1. The molecule has 0 fully saturated rings. The molecule has 0 aliphatic rings. The summed E-state index contributed by atoms with van der Waals surface area (Å²) < 4.78 is 8.26. The Morgan fingerprint density at radius 2 is 1.76 bits per heavy atom. The molecule has 0 spiro atoms. The molecule has 0 radical (unpaired) electrons. The normalized spacial score (nSPS) is 10.7. The van der Waals surface area contributed by atoms with Crippen LogP contribution in [0.25, 0.3) is 22.6 Å². The van der Waals surface area contributed by atoms with Gasteiger partial charge in [-0.2, -0.15) is 0 Å². The largest absolute Gasteiger partial charge is 0.436 e. The number of aryl methyl sites for hydroxylation is 1. The van der Waals surface area contributed by atoms with Crippen molar-refractivity contribution in [3.05, 3.63) is 83.9 Å². The molecule has 0 saturated carbocycles. The van der Waals surface area contributed by atoms with E-state index in [0.717, 1.165) is 28.6 Å². The van der Waals surface area contributed by atoms with Crippen molar-refractivity contribution in [2.45, 2.75) is 6.92 Å². The fraction of sp³-hybridized carbons (Fsp3) is 0.0455. The summed E-state index contributed by atoms with van der Waals surface area (Å²) in [4.78, 5) is 28.8. The van der Waals surface area contributed by atoms with Crippen molar-refractivity contribution in [2.24, 2.45) is 0 Å². The predicted octanol–water partition coefficient (Wildman–Crippen LogP) is 5.41. The monoisotopic (exact) mass is 403 g/mol. The number of rotatable bonds is 3. The fourth-order valence-electron chi connectivity index (χ4n) is 2.72. The summed E-state index contributed by atoms with van der Waals surface area (Å²) in [6.07, 6.45) is 0. The van der Waals surface area contributed by atoms with Gasteiger partial charge in [-0.1, -0.05) is 48.0 Å². The minimum absolute atomic E-state index is 0.236. The van der Waals surface area contributed by atoms with Crippen LogP contribution in [0.3, 0.4) is 0 Å². The summed E-state index contributed by atoms with van der Waals surface area (Å²) in [5.41, 5.74) is 4.36. The number of nitrogens with one attached hydrogen (secondary N) is 2. The molecule has 6 nitrogen and oxygen atoms in total. The fourth-order valence-corrected chi connectivity index (χ4v) is 3.21. The third-order valence-corrected chi connectivity index (χ3v) is 4.89. The molecule has 0 aliphatic carbocycles. The number of urea groups is 1. The molecule has 144 valence electrons. The van der Waals surface area contributed by atoms with E-state index in [-0.39, 0.29) is 5.12 Å². The van der Waals surface area contributed by atoms with Crippen LogP contribution in [-0.2, 0) is 0 Å². The van der Waals surface area contributed by atoms with Gasteiger partial charge < -0.3 is 9.73 Å². The summed E-state index contributed by atoms with van der Waals surface area (Å²) in [6, 6.07) is 21.3. The zero-order chi connectivity index (χ0) is 20.2. The summed E-state index contributed by atoms with van der Waals surface area (Å²) in [7, 11) is 0. The highest BCUT2D eigenvalue weighted by atomic mass is 32.2. The lowest BCUT2D eigenvalue weighted by Gasteiger charge is -2.07. The molecule has 1 heterocycles. The lowest BCUT2D eigenvalue weighted by Crippen LogP contribution is -2.24. The second-order valence-corrected chi connectivity index (χ2v) is 7.16. The van der Waals surface area contributed by atoms with Crippen LogP contribution >= 0.6 is 11.9 Å². The number of carbonyl (C=O) groups is 2. The van der Waals surface area contributed by atoms with E-state index in [0.29, 0.717) is 22.7 Å². The average Bonchev–Trinajstić information content (AvgIpc) is 3.17. The van der Waals surface area contributed by atoms with Gasteiger partial charge in [-0.25, -0.2) is 9.78 Å². The van der Waals surface area contributed by atoms with Crippen LogP contribution in [0.1, 0.15) is 15.9 Å². The number of aromatic nitrogens is 1. The Labute approximate surface area is 171 Å². The van der Waals surface area contributed by atoms with Crippen molar-refractivity contribution < 1.29 is 14.0 Å². The SMILES string of the molecule is Cc1ccc(C(=O)SNC(=O)Nc2cccc(-c3nc4ccccc4o3)c2)cc1. The first kappa shape index (κ1) is 18.8. The molecule has 3 aromatic carbocycles. The highest BCUT2D eigenvalue weighted by Crippen LogP contribution is 2.26. The number of amides is 2. The second-order valence-electron chi connectivity index (χ2n) is 6.38. The topological polar surface area (TPSA) is 84.2 Å². The molecule has 2 amide bonds. The molecular weight excluding hydrogens is 386 g/mol. The number of oxazole rings is 1. The van der Waals surface area contributed by atoms with Crippen molar-refractivity contribution >= 4 is 39.9 Å². The minimum Gasteiger partial charge on any atom is -0.436 e. The van der Waals surface area contributed by atoms with Crippen LogP contribution in [0.2, 0.25) is 0 Å². The number of para-hydroxylation sites is 2. The lowest BCUT2D eigenvalue weighted by atomic mass is 10.2. The first-order chi connectivity index (χ1) is 14.1. The van der Waals surface area contributed by atoms with Crippen LogP contribution in [-0.4, -0.2) is 16.1 Å². The van der Waals surface area contributed by atoms with Gasteiger partial charge in [0.25, 0.3) is 0 Å². The number of hydrogen-bond acceptors (Lipinski definition) is 5. The van der Waals surface area contributed by atoms with E-state index in [4.69, 9.17) is 4.42 Å². The maximum atomic E-state index is 12.2. The molecule has 7 heteroatoms. The van der Waals surface area contributed by atoms with Gasteiger partial charge in [-0.15, -0.1) is 0 Å². The maximum absolute atomic E-state index is 12.2. The Kier molecular flexibility index (Phi) is 5.31. The number of hydrogen-bond donors (Lipinski definition) is 2. The quantitative estimate of drug-likeness (QED) is 0.447. The van der Waals surface area contributed by atoms with E-state index in [1.54, 1.807) is 30.3 Å². The van der Waals surface area contributed by atoms with Gasteiger partial charge in [0.15, 0.2) is 5.58 Å². The van der Waals surface area contributed by atoms with Crippen molar-refractivity contribution in [2.75, 3.05) is 5.32 Å². The summed E-state index contributed by atoms with van der Waals surface area (Å²) in [6.45, 7) is 1.95. The third-order valence-electron chi connectivity index (χ3n) is 4.18. The molecule has 0 aliphatic heterocycles. The Morgan fingerprint density at radius 1 is 0.966 bits per heavy atom. The van der Waals surface area contributed by atoms with Gasteiger partial charge in [-0.05, 0) is 37.3 Å². The van der Waals surface area contributed by atoms with Gasteiger partial charge in [-0.3, -0.25) is 9.52 Å². The Bertz CT molecular complexity index is 1150. The van der Waals surface area contributed by atoms with Crippen LogP contribution in [0, 0.1) is 6.92 Å². The Morgan fingerprint density at radius 3 is 2.55 bits per heavy atom. The van der Waals surface area contributed by atoms with E-state index in [9.17, 15) is 9.59 Å². The van der Waals surface area contributed by atoms with Crippen LogP contribution < -0.4 is 10.0 Å². The zero-order valence-electron chi connectivity index (χ0n) is 15.5. The van der Waals surface area contributed by atoms with Gasteiger partial charge >= 0.3 is 6.03 Å². The van der Waals surface area contributed by atoms with Crippen LogP contribution in [0.5, 0.6) is 0 Å². The number of carbonyl (C=O) groups excluding carboxylic acids is 2. The molecule has 0 saturated heterocycles. The van der Waals surface area contributed by atoms with E-state index < -0.39 is 6.03 Å². The smallest absolute Gasteiger partial charge is 0.329 e. The first-order valence-corrected chi connectivity index (χ1v) is 9.71. The maximum Gasteiger partial charge on any atom is 0.329 e. The van der Waals surface area contributed by atoms with Crippen molar-refractivity contribution in [1.29, 1.82) is 0 Å². The van der Waals surface area contributed by atoms with Gasteiger partial charge in [0.2, 0.25) is 11.0 Å². The molecule has 4 aromatic rings. The number of anilines is 1. The highest BCUT2D eigenvalue weighted by Gasteiger charge is 2.11. The first-order valence-electron chi connectivity index (χ1n) is 8.89.